The first kappa shape index (κ1) is 19.2. The fourth-order valence-electron chi connectivity index (χ4n) is 2.64. The van der Waals surface area contributed by atoms with E-state index in [-0.39, 0.29) is 5.69 Å². The lowest BCUT2D eigenvalue weighted by molar-refractivity contribution is -0.384. The van der Waals surface area contributed by atoms with Gasteiger partial charge in [-0.1, -0.05) is 35.5 Å². The molecule has 0 atom stereocenters. The number of nitro groups is 1. The number of methoxy groups -OCH3 is 1. The van der Waals surface area contributed by atoms with Gasteiger partial charge in [0.2, 0.25) is 0 Å². The molecule has 0 amide bonds. The van der Waals surface area contributed by atoms with Gasteiger partial charge in [0.25, 0.3) is 5.69 Å². The van der Waals surface area contributed by atoms with Crippen molar-refractivity contribution in [3.05, 3.63) is 63.2 Å². The molecule has 0 N–H and O–H groups in total. The van der Waals surface area contributed by atoms with E-state index >= 15 is 0 Å². The molecule has 0 aliphatic carbocycles. The first-order valence-electron chi connectivity index (χ1n) is 8.16. The molecule has 1 aromatic heterocycles. The molecule has 9 heteroatoms. The molecule has 0 fully saturated rings. The highest BCUT2D eigenvalue weighted by Gasteiger charge is 2.17. The van der Waals surface area contributed by atoms with Gasteiger partial charge in [0.05, 0.1) is 17.6 Å². The molecule has 27 heavy (non-hydrogen) atoms. The van der Waals surface area contributed by atoms with E-state index in [1.165, 1.54) is 17.8 Å². The van der Waals surface area contributed by atoms with Crippen molar-refractivity contribution in [2.45, 2.75) is 24.4 Å². The largest absolute Gasteiger partial charge is 0.496 e. The van der Waals surface area contributed by atoms with Crippen molar-refractivity contribution in [2.75, 3.05) is 7.11 Å². The van der Waals surface area contributed by atoms with Crippen molar-refractivity contribution >= 4 is 29.1 Å². The SMILES string of the molecule is CCn1c(SCc2cccc([N+](=O)[O-])c2)nnc1-c1cc(Cl)ccc1OC. The summed E-state index contributed by atoms with van der Waals surface area (Å²) in [5.41, 5.74) is 1.69. The fraction of sp³-hybridized carbons (Fsp3) is 0.222. The van der Waals surface area contributed by atoms with Crippen LogP contribution in [0.3, 0.4) is 0 Å². The van der Waals surface area contributed by atoms with Crippen molar-refractivity contribution in [2.24, 2.45) is 0 Å². The molecule has 3 rings (SSSR count). The van der Waals surface area contributed by atoms with E-state index in [2.05, 4.69) is 10.2 Å². The molecule has 140 valence electrons. The number of non-ortho nitro benzene ring substituents is 1. The number of halogens is 1. The summed E-state index contributed by atoms with van der Waals surface area (Å²) in [5, 5.41) is 20.8. The lowest BCUT2D eigenvalue weighted by atomic mass is 10.2. The maximum Gasteiger partial charge on any atom is 0.269 e. The Hall–Kier alpha value is -2.58. The third-order valence-electron chi connectivity index (χ3n) is 3.92. The van der Waals surface area contributed by atoms with Crippen LogP contribution in [0.1, 0.15) is 12.5 Å². The average molecular weight is 405 g/mol. The molecule has 0 unspecified atom stereocenters. The normalized spacial score (nSPS) is 10.8. The number of aromatic nitrogens is 3. The molecule has 0 aliphatic rings. The summed E-state index contributed by atoms with van der Waals surface area (Å²) < 4.78 is 7.39. The predicted molar refractivity (Wildman–Crippen MR) is 105 cm³/mol. The van der Waals surface area contributed by atoms with E-state index in [0.717, 1.165) is 16.3 Å². The number of rotatable bonds is 7. The van der Waals surface area contributed by atoms with E-state index in [9.17, 15) is 10.1 Å². The Kier molecular flexibility index (Phi) is 5.98. The summed E-state index contributed by atoms with van der Waals surface area (Å²) in [5.74, 6) is 1.88. The third-order valence-corrected chi connectivity index (χ3v) is 5.20. The molecular weight excluding hydrogens is 388 g/mol. The summed E-state index contributed by atoms with van der Waals surface area (Å²) in [4.78, 5) is 10.5. The molecule has 3 aromatic rings. The second-order valence-corrected chi connectivity index (χ2v) is 6.99. The minimum atomic E-state index is -0.397. The lowest BCUT2D eigenvalue weighted by Gasteiger charge is -2.11. The molecule has 0 bridgehead atoms. The summed E-state index contributed by atoms with van der Waals surface area (Å²) in [6.07, 6.45) is 0. The number of hydrogen-bond acceptors (Lipinski definition) is 6. The van der Waals surface area contributed by atoms with Gasteiger partial charge in [-0.3, -0.25) is 10.1 Å². The highest BCUT2D eigenvalue weighted by molar-refractivity contribution is 7.98. The van der Waals surface area contributed by atoms with Crippen LogP contribution in [0.5, 0.6) is 5.75 Å². The minimum Gasteiger partial charge on any atom is -0.496 e. The highest BCUT2D eigenvalue weighted by Crippen LogP contribution is 2.34. The van der Waals surface area contributed by atoms with Crippen molar-refractivity contribution < 1.29 is 9.66 Å². The van der Waals surface area contributed by atoms with E-state index in [1.807, 2.05) is 17.6 Å². The van der Waals surface area contributed by atoms with Crippen LogP contribution in [0.15, 0.2) is 47.6 Å². The van der Waals surface area contributed by atoms with Crippen LogP contribution < -0.4 is 4.74 Å². The summed E-state index contributed by atoms with van der Waals surface area (Å²) in [7, 11) is 1.59. The van der Waals surface area contributed by atoms with Gasteiger partial charge in [-0.15, -0.1) is 10.2 Å². The zero-order valence-corrected chi connectivity index (χ0v) is 16.3. The second kappa shape index (κ2) is 8.41. The predicted octanol–water partition coefficient (Wildman–Crippen LogP) is 4.83. The van der Waals surface area contributed by atoms with Crippen molar-refractivity contribution in [1.29, 1.82) is 0 Å². The van der Waals surface area contributed by atoms with Gasteiger partial charge in [0, 0.05) is 29.5 Å². The quantitative estimate of drug-likeness (QED) is 0.318. The zero-order chi connectivity index (χ0) is 19.4. The molecule has 2 aromatic carbocycles. The van der Waals surface area contributed by atoms with Crippen molar-refractivity contribution in [3.8, 4) is 17.1 Å². The van der Waals surface area contributed by atoms with Crippen LogP contribution >= 0.6 is 23.4 Å². The van der Waals surface area contributed by atoms with E-state index in [4.69, 9.17) is 16.3 Å². The first-order chi connectivity index (χ1) is 13.0. The number of nitro benzene ring substituents is 1. The summed E-state index contributed by atoms with van der Waals surface area (Å²) in [6, 6.07) is 11.9. The van der Waals surface area contributed by atoms with Crippen LogP contribution in [0.4, 0.5) is 5.69 Å². The van der Waals surface area contributed by atoms with Gasteiger partial charge < -0.3 is 9.30 Å². The van der Waals surface area contributed by atoms with Crippen LogP contribution in [0, 0.1) is 10.1 Å². The first-order valence-corrected chi connectivity index (χ1v) is 9.53. The maximum atomic E-state index is 10.9. The Morgan fingerprint density at radius 2 is 2.07 bits per heavy atom. The summed E-state index contributed by atoms with van der Waals surface area (Å²) >= 11 is 7.61. The van der Waals surface area contributed by atoms with Gasteiger partial charge in [0.15, 0.2) is 11.0 Å². The van der Waals surface area contributed by atoms with Crippen LogP contribution in [0.2, 0.25) is 5.02 Å². The van der Waals surface area contributed by atoms with Crippen molar-refractivity contribution in [1.82, 2.24) is 14.8 Å². The van der Waals surface area contributed by atoms with Crippen LogP contribution in [0.25, 0.3) is 11.4 Å². The number of ether oxygens (including phenoxy) is 1. The zero-order valence-electron chi connectivity index (χ0n) is 14.8. The van der Waals surface area contributed by atoms with Gasteiger partial charge >= 0.3 is 0 Å². The molecule has 1 heterocycles. The topological polar surface area (TPSA) is 83.1 Å². The van der Waals surface area contributed by atoms with Gasteiger partial charge in [-0.2, -0.15) is 0 Å². The van der Waals surface area contributed by atoms with Gasteiger partial charge in [-0.25, -0.2) is 0 Å². The Labute approximate surface area is 165 Å². The molecule has 0 radical (unpaired) electrons. The number of nitrogens with zero attached hydrogens (tertiary/aromatic N) is 4. The van der Waals surface area contributed by atoms with E-state index < -0.39 is 4.92 Å². The Morgan fingerprint density at radius 3 is 2.78 bits per heavy atom. The van der Waals surface area contributed by atoms with E-state index in [0.29, 0.717) is 28.9 Å². The Morgan fingerprint density at radius 1 is 1.26 bits per heavy atom. The van der Waals surface area contributed by atoms with E-state index in [1.54, 1.807) is 37.4 Å². The Bertz CT molecular complexity index is 977. The average Bonchev–Trinajstić information content (AvgIpc) is 3.09. The van der Waals surface area contributed by atoms with Gasteiger partial charge in [-0.05, 0) is 30.7 Å². The Balaban J connectivity index is 1.88. The maximum absolute atomic E-state index is 10.9. The molecule has 7 nitrogen and oxygen atoms in total. The smallest absolute Gasteiger partial charge is 0.269 e. The third kappa shape index (κ3) is 4.23. The molecular formula is C18H17ClN4O3S. The van der Waals surface area contributed by atoms with Crippen LogP contribution in [-0.4, -0.2) is 26.8 Å². The number of benzene rings is 2. The summed E-state index contributed by atoms with van der Waals surface area (Å²) in [6.45, 7) is 2.66. The molecule has 0 saturated heterocycles. The molecule has 0 saturated carbocycles. The monoisotopic (exact) mass is 404 g/mol. The lowest BCUT2D eigenvalue weighted by Crippen LogP contribution is -2.01. The molecule has 0 aliphatic heterocycles. The van der Waals surface area contributed by atoms with Crippen molar-refractivity contribution in [3.63, 3.8) is 0 Å². The standard InChI is InChI=1S/C18H17ClN4O3S/c1-3-22-17(15-10-13(19)7-8-16(15)26-2)20-21-18(22)27-11-12-5-4-6-14(9-12)23(24)25/h4-10H,3,11H2,1-2H3. The number of thioether (sulfide) groups is 1. The van der Waals surface area contributed by atoms with Crippen LogP contribution in [-0.2, 0) is 12.3 Å². The fourth-order valence-corrected chi connectivity index (χ4v) is 3.76. The van der Waals surface area contributed by atoms with Gasteiger partial charge in [0.1, 0.15) is 5.75 Å². The highest BCUT2D eigenvalue weighted by atomic mass is 35.5. The molecule has 0 spiro atoms. The number of hydrogen-bond donors (Lipinski definition) is 0. The minimum absolute atomic E-state index is 0.0782. The second-order valence-electron chi connectivity index (χ2n) is 5.61.